The second-order valence-corrected chi connectivity index (χ2v) is 6.75. The minimum Gasteiger partial charge on any atom is -0.377 e. The molecule has 3 nitrogen and oxygen atoms in total. The zero-order chi connectivity index (χ0) is 14.9. The van der Waals surface area contributed by atoms with Crippen molar-refractivity contribution in [1.29, 1.82) is 0 Å². The Morgan fingerprint density at radius 2 is 1.65 bits per heavy atom. The molecule has 2 rings (SSSR count). The molecule has 0 aliphatic heterocycles. The Morgan fingerprint density at radius 3 is 2.30 bits per heavy atom. The van der Waals surface area contributed by atoms with E-state index < -0.39 is 10.1 Å². The second-order valence-electron chi connectivity index (χ2n) is 4.36. The van der Waals surface area contributed by atoms with Gasteiger partial charge in [0.25, 0.3) is 0 Å². The number of hydrogen-bond donors (Lipinski definition) is 0. The molecule has 20 heavy (non-hydrogen) atoms. The Bertz CT molecular complexity index is 755. The van der Waals surface area contributed by atoms with Crippen molar-refractivity contribution < 1.29 is 12.6 Å². The highest BCUT2D eigenvalue weighted by molar-refractivity contribution is 7.87. The number of hydrogen-bond acceptors (Lipinski definition) is 3. The highest BCUT2D eigenvalue weighted by Crippen LogP contribution is 2.30. The Hall–Kier alpha value is -1.23. The molecule has 0 saturated heterocycles. The monoisotopic (exact) mass is 330 g/mol. The molecule has 0 atom stereocenters. The zero-order valence-electron chi connectivity index (χ0n) is 10.9. The van der Waals surface area contributed by atoms with E-state index in [1.807, 2.05) is 13.8 Å². The number of halogens is 2. The summed E-state index contributed by atoms with van der Waals surface area (Å²) in [5.74, 6) is 0.0115. The summed E-state index contributed by atoms with van der Waals surface area (Å²) in [7, 11) is -3.93. The molecule has 106 valence electrons. The van der Waals surface area contributed by atoms with Gasteiger partial charge in [-0.05, 0) is 49.2 Å². The fraction of sp³-hybridized carbons (Fsp3) is 0.143. The highest BCUT2D eigenvalue weighted by Gasteiger charge is 2.19. The normalized spacial score (nSPS) is 11.4. The third-order valence-electron chi connectivity index (χ3n) is 2.86. The Balaban J connectivity index is 2.40. The molecular formula is C14H12Cl2O3S. The lowest BCUT2D eigenvalue weighted by Crippen LogP contribution is -2.10. The molecule has 0 N–H and O–H groups in total. The molecule has 0 bridgehead atoms. The van der Waals surface area contributed by atoms with Gasteiger partial charge >= 0.3 is 10.1 Å². The average Bonchev–Trinajstić information content (AvgIpc) is 2.36. The van der Waals surface area contributed by atoms with Gasteiger partial charge < -0.3 is 4.18 Å². The fourth-order valence-electron chi connectivity index (χ4n) is 1.58. The molecule has 0 saturated carbocycles. The van der Waals surface area contributed by atoms with Gasteiger partial charge in [-0.3, -0.25) is 0 Å². The Morgan fingerprint density at radius 1 is 0.950 bits per heavy atom. The predicted molar refractivity (Wildman–Crippen MR) is 80.2 cm³/mol. The van der Waals surface area contributed by atoms with E-state index in [-0.39, 0.29) is 15.7 Å². The van der Waals surface area contributed by atoms with Crippen molar-refractivity contribution >= 4 is 33.3 Å². The minimum atomic E-state index is -3.93. The third-order valence-corrected chi connectivity index (χ3v) is 4.64. The van der Waals surface area contributed by atoms with Crippen molar-refractivity contribution in [3.05, 3.63) is 57.6 Å². The van der Waals surface area contributed by atoms with E-state index in [4.69, 9.17) is 27.4 Å². The van der Waals surface area contributed by atoms with Crippen molar-refractivity contribution in [3.63, 3.8) is 0 Å². The molecule has 0 amide bonds. The molecule has 0 aliphatic rings. The summed E-state index contributed by atoms with van der Waals surface area (Å²) in [5.41, 5.74) is 1.87. The number of rotatable bonds is 3. The van der Waals surface area contributed by atoms with Crippen LogP contribution in [0.5, 0.6) is 5.75 Å². The van der Waals surface area contributed by atoms with E-state index in [0.29, 0.717) is 5.02 Å². The van der Waals surface area contributed by atoms with Gasteiger partial charge in [0.1, 0.15) is 4.90 Å². The molecule has 2 aromatic carbocycles. The van der Waals surface area contributed by atoms with Gasteiger partial charge in [0, 0.05) is 11.1 Å². The van der Waals surface area contributed by atoms with Crippen molar-refractivity contribution in [2.45, 2.75) is 18.7 Å². The smallest absolute Gasteiger partial charge is 0.339 e. The van der Waals surface area contributed by atoms with Crippen molar-refractivity contribution in [1.82, 2.24) is 0 Å². The summed E-state index contributed by atoms with van der Waals surface area (Å²) in [4.78, 5) is 0.0802. The van der Waals surface area contributed by atoms with E-state index in [0.717, 1.165) is 11.1 Å². The predicted octanol–water partition coefficient (Wildman–Crippen LogP) is 4.38. The fourth-order valence-corrected chi connectivity index (χ4v) is 2.97. The molecule has 6 heteroatoms. The van der Waals surface area contributed by atoms with Crippen LogP contribution in [0.1, 0.15) is 11.1 Å². The van der Waals surface area contributed by atoms with Crippen molar-refractivity contribution in [2.75, 3.05) is 0 Å². The van der Waals surface area contributed by atoms with Crippen LogP contribution >= 0.6 is 23.2 Å². The van der Waals surface area contributed by atoms with E-state index in [2.05, 4.69) is 0 Å². The molecular weight excluding hydrogens is 319 g/mol. The van der Waals surface area contributed by atoms with Crippen LogP contribution in [-0.4, -0.2) is 8.42 Å². The third kappa shape index (κ3) is 3.26. The maximum Gasteiger partial charge on any atom is 0.339 e. The van der Waals surface area contributed by atoms with Crippen LogP contribution in [0.25, 0.3) is 0 Å². The van der Waals surface area contributed by atoms with Crippen LogP contribution in [0.3, 0.4) is 0 Å². The van der Waals surface area contributed by atoms with E-state index in [1.54, 1.807) is 18.2 Å². The van der Waals surface area contributed by atoms with Gasteiger partial charge in [-0.1, -0.05) is 29.3 Å². The first-order valence-corrected chi connectivity index (χ1v) is 7.93. The summed E-state index contributed by atoms with van der Waals surface area (Å²) in [6.07, 6.45) is 0. The summed E-state index contributed by atoms with van der Waals surface area (Å²) in [6, 6.07) is 9.18. The molecule has 0 aliphatic carbocycles. The Labute approximate surface area is 128 Å². The average molecular weight is 331 g/mol. The summed E-state index contributed by atoms with van der Waals surface area (Å²) in [6.45, 7) is 3.74. The van der Waals surface area contributed by atoms with E-state index in [9.17, 15) is 8.42 Å². The number of benzene rings is 2. The first kappa shape index (κ1) is 15.2. The van der Waals surface area contributed by atoms with Crippen LogP contribution in [0.4, 0.5) is 0 Å². The minimum absolute atomic E-state index is 0.0115. The first-order valence-electron chi connectivity index (χ1n) is 5.76. The topological polar surface area (TPSA) is 43.4 Å². The molecule has 0 unspecified atom stereocenters. The first-order chi connectivity index (χ1) is 9.29. The molecule has 2 aromatic rings. The van der Waals surface area contributed by atoms with Crippen LogP contribution in [-0.2, 0) is 10.1 Å². The largest absolute Gasteiger partial charge is 0.377 e. The second kappa shape index (κ2) is 5.64. The lowest BCUT2D eigenvalue weighted by atomic mass is 10.1. The van der Waals surface area contributed by atoms with Gasteiger partial charge in [0.2, 0.25) is 0 Å². The van der Waals surface area contributed by atoms with Crippen molar-refractivity contribution in [3.8, 4) is 5.75 Å². The van der Waals surface area contributed by atoms with Crippen molar-refractivity contribution in [2.24, 2.45) is 0 Å². The van der Waals surface area contributed by atoms with Crippen LogP contribution in [0, 0.1) is 13.8 Å². The summed E-state index contributed by atoms with van der Waals surface area (Å²) in [5, 5.41) is 0.529. The molecule has 0 aromatic heterocycles. The van der Waals surface area contributed by atoms with Gasteiger partial charge in [-0.15, -0.1) is 0 Å². The van der Waals surface area contributed by atoms with Gasteiger partial charge in [-0.25, -0.2) is 0 Å². The maximum absolute atomic E-state index is 12.2. The lowest BCUT2D eigenvalue weighted by molar-refractivity contribution is 0.486. The van der Waals surface area contributed by atoms with Gasteiger partial charge in [0.05, 0.1) is 5.02 Å². The molecule has 0 spiro atoms. The van der Waals surface area contributed by atoms with E-state index in [1.165, 1.54) is 18.2 Å². The van der Waals surface area contributed by atoms with Crippen LogP contribution < -0.4 is 4.18 Å². The SMILES string of the molecule is Cc1ccc(S(=O)(=O)Oc2cc(Cl)ccc2Cl)cc1C. The summed E-state index contributed by atoms with van der Waals surface area (Å²) >= 11 is 11.7. The number of aryl methyl sites for hydroxylation is 2. The standard InChI is InChI=1S/C14H12Cl2O3S/c1-9-3-5-12(7-10(9)2)20(17,18)19-14-8-11(15)4-6-13(14)16/h3-8H,1-2H3. The maximum atomic E-state index is 12.2. The van der Waals surface area contributed by atoms with Crippen LogP contribution in [0.15, 0.2) is 41.3 Å². The molecule has 0 radical (unpaired) electrons. The van der Waals surface area contributed by atoms with Gasteiger partial charge in [0.15, 0.2) is 5.75 Å². The van der Waals surface area contributed by atoms with E-state index >= 15 is 0 Å². The quantitative estimate of drug-likeness (QED) is 0.784. The van der Waals surface area contributed by atoms with Gasteiger partial charge in [-0.2, -0.15) is 8.42 Å². The molecule has 0 heterocycles. The highest BCUT2D eigenvalue weighted by atomic mass is 35.5. The summed E-state index contributed by atoms with van der Waals surface area (Å²) < 4.78 is 29.5. The lowest BCUT2D eigenvalue weighted by Gasteiger charge is -2.10. The molecule has 0 fully saturated rings. The Kier molecular flexibility index (Phi) is 4.28. The van der Waals surface area contributed by atoms with Crippen LogP contribution in [0.2, 0.25) is 10.0 Å². The zero-order valence-corrected chi connectivity index (χ0v) is 13.2.